The average Bonchev–Trinajstić information content (AvgIpc) is 3.03. The van der Waals surface area contributed by atoms with Gasteiger partial charge in [-0.05, 0) is 84.8 Å². The Hall–Kier alpha value is -4.58. The Morgan fingerprint density at radius 2 is 1.51 bits per heavy atom. The van der Waals surface area contributed by atoms with Gasteiger partial charge in [-0.1, -0.05) is 60.7 Å². The van der Waals surface area contributed by atoms with E-state index in [2.05, 4.69) is 39.8 Å². The SMILES string of the molecule is CCNC(=O)C(c1ccccc1)C1CCN(c2ccc(NC(=O)c3ccccc3-c3ccc(OC)cc3)cc2)CC1. The molecule has 1 aliphatic heterocycles. The monoisotopic (exact) mass is 547 g/mol. The van der Waals surface area contributed by atoms with Crippen LogP contribution in [0.15, 0.2) is 103 Å². The fourth-order valence-corrected chi connectivity index (χ4v) is 5.73. The second-order valence-electron chi connectivity index (χ2n) is 10.4. The third-order valence-corrected chi connectivity index (χ3v) is 7.87. The molecule has 0 bridgehead atoms. The maximum atomic E-state index is 13.3. The molecule has 4 aromatic rings. The Labute approximate surface area is 242 Å². The first-order valence-electron chi connectivity index (χ1n) is 14.3. The Morgan fingerprint density at radius 3 is 2.17 bits per heavy atom. The summed E-state index contributed by atoms with van der Waals surface area (Å²) >= 11 is 0. The number of carbonyl (C=O) groups is 2. The zero-order valence-electron chi connectivity index (χ0n) is 23.7. The Balaban J connectivity index is 1.23. The number of rotatable bonds is 9. The Kier molecular flexibility index (Phi) is 8.99. The minimum Gasteiger partial charge on any atom is -0.497 e. The highest BCUT2D eigenvalue weighted by Gasteiger charge is 2.32. The van der Waals surface area contributed by atoms with E-state index >= 15 is 0 Å². The average molecular weight is 548 g/mol. The number of piperidine rings is 1. The van der Waals surface area contributed by atoms with Gasteiger partial charge in [0.25, 0.3) is 5.91 Å². The first-order valence-corrected chi connectivity index (χ1v) is 14.3. The second kappa shape index (κ2) is 13.2. The molecule has 1 aliphatic rings. The molecule has 0 radical (unpaired) electrons. The van der Waals surface area contributed by atoms with Crippen LogP contribution in [-0.2, 0) is 4.79 Å². The highest BCUT2D eigenvalue weighted by atomic mass is 16.5. The zero-order valence-corrected chi connectivity index (χ0v) is 23.7. The molecule has 0 saturated carbocycles. The lowest BCUT2D eigenvalue weighted by Gasteiger charge is -2.37. The van der Waals surface area contributed by atoms with E-state index in [1.165, 1.54) is 0 Å². The van der Waals surface area contributed by atoms with Crippen LogP contribution in [0.2, 0.25) is 0 Å². The largest absolute Gasteiger partial charge is 0.497 e. The predicted molar refractivity (Wildman–Crippen MR) is 166 cm³/mol. The normalized spacial score (nSPS) is 14.2. The van der Waals surface area contributed by atoms with E-state index in [-0.39, 0.29) is 17.7 Å². The van der Waals surface area contributed by atoms with Crippen LogP contribution in [0.25, 0.3) is 11.1 Å². The van der Waals surface area contributed by atoms with Gasteiger partial charge in [0.2, 0.25) is 5.91 Å². The van der Waals surface area contributed by atoms with Gasteiger partial charge < -0.3 is 20.3 Å². The topological polar surface area (TPSA) is 70.7 Å². The maximum absolute atomic E-state index is 13.3. The molecule has 210 valence electrons. The summed E-state index contributed by atoms with van der Waals surface area (Å²) in [7, 11) is 1.64. The third kappa shape index (κ3) is 6.60. The number of hydrogen-bond donors (Lipinski definition) is 2. The summed E-state index contributed by atoms with van der Waals surface area (Å²) in [4.78, 5) is 28.6. The number of amides is 2. The van der Waals surface area contributed by atoms with E-state index in [0.29, 0.717) is 18.0 Å². The van der Waals surface area contributed by atoms with E-state index in [4.69, 9.17) is 4.74 Å². The maximum Gasteiger partial charge on any atom is 0.256 e. The summed E-state index contributed by atoms with van der Waals surface area (Å²) in [5, 5.41) is 6.10. The lowest BCUT2D eigenvalue weighted by molar-refractivity contribution is -0.123. The van der Waals surface area contributed by atoms with E-state index < -0.39 is 0 Å². The minimum absolute atomic E-state index is 0.116. The lowest BCUT2D eigenvalue weighted by atomic mass is 9.79. The van der Waals surface area contributed by atoms with Crippen molar-refractivity contribution in [1.29, 1.82) is 0 Å². The van der Waals surface area contributed by atoms with Gasteiger partial charge in [-0.25, -0.2) is 0 Å². The van der Waals surface area contributed by atoms with Gasteiger partial charge in [0.05, 0.1) is 13.0 Å². The van der Waals surface area contributed by atoms with Crippen LogP contribution in [0.4, 0.5) is 11.4 Å². The van der Waals surface area contributed by atoms with Gasteiger partial charge in [-0.2, -0.15) is 0 Å². The van der Waals surface area contributed by atoms with Gasteiger partial charge in [-0.15, -0.1) is 0 Å². The van der Waals surface area contributed by atoms with Crippen molar-refractivity contribution < 1.29 is 14.3 Å². The zero-order chi connectivity index (χ0) is 28.6. The Bertz CT molecular complexity index is 1440. The molecule has 2 N–H and O–H groups in total. The van der Waals surface area contributed by atoms with Gasteiger partial charge >= 0.3 is 0 Å². The van der Waals surface area contributed by atoms with E-state index in [0.717, 1.165) is 59.7 Å². The van der Waals surface area contributed by atoms with Crippen molar-refractivity contribution in [2.24, 2.45) is 5.92 Å². The number of methoxy groups -OCH3 is 1. The molecule has 0 aromatic heterocycles. The minimum atomic E-state index is -0.151. The van der Waals surface area contributed by atoms with Crippen LogP contribution in [0.3, 0.4) is 0 Å². The molecule has 41 heavy (non-hydrogen) atoms. The number of nitrogens with zero attached hydrogens (tertiary/aromatic N) is 1. The molecule has 1 saturated heterocycles. The number of hydrogen-bond acceptors (Lipinski definition) is 4. The highest BCUT2D eigenvalue weighted by Crippen LogP contribution is 2.35. The fraction of sp³-hybridized carbons (Fsp3) is 0.257. The van der Waals surface area contributed by atoms with Gasteiger partial charge in [0, 0.05) is 36.6 Å². The molecule has 6 heteroatoms. The van der Waals surface area contributed by atoms with Crippen molar-refractivity contribution >= 4 is 23.2 Å². The molecule has 0 spiro atoms. The van der Waals surface area contributed by atoms with Crippen molar-refractivity contribution in [1.82, 2.24) is 5.32 Å². The van der Waals surface area contributed by atoms with E-state index in [1.54, 1.807) is 7.11 Å². The first-order chi connectivity index (χ1) is 20.1. The number of likely N-dealkylation sites (N-methyl/N-ethyl adjacent to an activating group) is 1. The van der Waals surface area contributed by atoms with Crippen LogP contribution < -0.4 is 20.3 Å². The van der Waals surface area contributed by atoms with Gasteiger partial charge in [0.1, 0.15) is 5.75 Å². The summed E-state index contributed by atoms with van der Waals surface area (Å²) in [5.41, 5.74) is 5.40. The van der Waals surface area contributed by atoms with Gasteiger partial charge in [0.15, 0.2) is 0 Å². The van der Waals surface area contributed by atoms with E-state index in [9.17, 15) is 9.59 Å². The summed E-state index contributed by atoms with van der Waals surface area (Å²) in [6.45, 7) is 4.37. The summed E-state index contributed by atoms with van der Waals surface area (Å²) in [5.74, 6) is 0.910. The number of benzene rings is 4. The second-order valence-corrected chi connectivity index (χ2v) is 10.4. The third-order valence-electron chi connectivity index (χ3n) is 7.87. The Morgan fingerprint density at radius 1 is 0.854 bits per heavy atom. The van der Waals surface area contributed by atoms with Crippen molar-refractivity contribution in [3.8, 4) is 16.9 Å². The van der Waals surface area contributed by atoms with Crippen molar-refractivity contribution in [3.05, 3.63) is 114 Å². The number of nitrogens with one attached hydrogen (secondary N) is 2. The van der Waals surface area contributed by atoms with Crippen LogP contribution in [0, 0.1) is 5.92 Å². The highest BCUT2D eigenvalue weighted by molar-refractivity contribution is 6.08. The molecule has 2 amide bonds. The van der Waals surface area contributed by atoms with Crippen molar-refractivity contribution in [3.63, 3.8) is 0 Å². The predicted octanol–water partition coefficient (Wildman–Crippen LogP) is 6.75. The fourth-order valence-electron chi connectivity index (χ4n) is 5.73. The van der Waals surface area contributed by atoms with Gasteiger partial charge in [-0.3, -0.25) is 9.59 Å². The molecule has 1 fully saturated rings. The quantitative estimate of drug-likeness (QED) is 0.243. The lowest BCUT2D eigenvalue weighted by Crippen LogP contribution is -2.40. The molecule has 5 rings (SSSR count). The summed E-state index contributed by atoms with van der Waals surface area (Å²) in [6, 6.07) is 33.5. The van der Waals surface area contributed by atoms with E-state index in [1.807, 2.05) is 85.8 Å². The molecular weight excluding hydrogens is 510 g/mol. The molecule has 4 aromatic carbocycles. The van der Waals surface area contributed by atoms with Crippen LogP contribution >= 0.6 is 0 Å². The molecule has 6 nitrogen and oxygen atoms in total. The standard InChI is InChI=1S/C35H37N3O3/c1-3-36-35(40)33(26-9-5-4-6-10-26)27-21-23-38(24-22-27)29-17-15-28(16-18-29)37-34(39)32-12-8-7-11-31(32)25-13-19-30(41-2)20-14-25/h4-20,27,33H,3,21-24H2,1-2H3,(H,36,40)(H,37,39). The van der Waals surface area contributed by atoms with Crippen molar-refractivity contribution in [2.75, 3.05) is 37.0 Å². The molecule has 1 unspecified atom stereocenters. The van der Waals surface area contributed by atoms with Crippen molar-refractivity contribution in [2.45, 2.75) is 25.7 Å². The number of carbonyl (C=O) groups excluding carboxylic acids is 2. The van der Waals surface area contributed by atoms with Crippen LogP contribution in [0.1, 0.15) is 41.6 Å². The molecule has 1 heterocycles. The number of anilines is 2. The summed E-state index contributed by atoms with van der Waals surface area (Å²) < 4.78 is 5.27. The van der Waals surface area contributed by atoms with Crippen LogP contribution in [0.5, 0.6) is 5.75 Å². The first kappa shape index (κ1) is 28.0. The smallest absolute Gasteiger partial charge is 0.256 e. The molecule has 0 aliphatic carbocycles. The molecule has 1 atom stereocenters. The summed E-state index contributed by atoms with van der Waals surface area (Å²) in [6.07, 6.45) is 1.88. The van der Waals surface area contributed by atoms with Crippen LogP contribution in [-0.4, -0.2) is 38.6 Å². The molecular formula is C35H37N3O3. The number of ether oxygens (including phenoxy) is 1.